The van der Waals surface area contributed by atoms with Gasteiger partial charge in [-0.05, 0) is 37.0 Å². The van der Waals surface area contributed by atoms with Crippen LogP contribution in [-0.4, -0.2) is 44.6 Å². The molecular formula is C20H22N2O5S2. The van der Waals surface area contributed by atoms with E-state index in [9.17, 15) is 19.2 Å². The molecular weight excluding hydrogens is 412 g/mol. The van der Waals surface area contributed by atoms with Gasteiger partial charge >= 0.3 is 10.8 Å². The first-order valence-corrected chi connectivity index (χ1v) is 12.1. The molecule has 1 aromatic heterocycles. The van der Waals surface area contributed by atoms with E-state index in [0.717, 1.165) is 42.0 Å². The molecule has 154 valence electrons. The van der Waals surface area contributed by atoms with E-state index in [2.05, 4.69) is 4.98 Å². The second kappa shape index (κ2) is 5.97. The second-order valence-corrected chi connectivity index (χ2v) is 11.4. The van der Waals surface area contributed by atoms with Crippen molar-refractivity contribution in [2.75, 3.05) is 6.54 Å². The van der Waals surface area contributed by atoms with Crippen LogP contribution in [0.25, 0.3) is 0 Å². The predicted molar refractivity (Wildman–Crippen MR) is 106 cm³/mol. The number of rotatable bonds is 2. The molecule has 1 aromatic rings. The SMILES string of the molecule is O=C(O)CN1C(=O)[C@@H]2[C@@H]3C[C@H]([C@H]4Sc5[nH]c(=O)sc5C5(CCCCC5)[C@@H]34)[C@@H]2C1=O. The topological polar surface area (TPSA) is 108 Å². The van der Waals surface area contributed by atoms with Crippen molar-refractivity contribution < 1.29 is 19.5 Å². The normalized spacial score (nSPS) is 39.0. The fourth-order valence-corrected chi connectivity index (χ4v) is 10.6. The number of hydrogen-bond donors (Lipinski definition) is 2. The summed E-state index contributed by atoms with van der Waals surface area (Å²) in [5, 5.41) is 10.4. The lowest BCUT2D eigenvalue weighted by atomic mass is 9.57. The maximum Gasteiger partial charge on any atom is 0.323 e. The number of carboxylic acid groups (broad SMARTS) is 1. The third-order valence-corrected chi connectivity index (χ3v) is 10.9. The zero-order valence-electron chi connectivity index (χ0n) is 15.8. The van der Waals surface area contributed by atoms with E-state index in [1.807, 2.05) is 0 Å². The number of aromatic amines is 1. The predicted octanol–water partition coefficient (Wildman–Crippen LogP) is 2.06. The summed E-state index contributed by atoms with van der Waals surface area (Å²) >= 11 is 3.04. The van der Waals surface area contributed by atoms with Crippen LogP contribution in [0, 0.1) is 29.6 Å². The monoisotopic (exact) mass is 434 g/mol. The molecule has 3 heterocycles. The Kier molecular flexibility index (Phi) is 3.74. The first-order chi connectivity index (χ1) is 13.9. The third-order valence-electron chi connectivity index (χ3n) is 8.19. The molecule has 0 aromatic carbocycles. The fourth-order valence-electron chi connectivity index (χ4n) is 7.43. The summed E-state index contributed by atoms with van der Waals surface area (Å²) in [6.45, 7) is -0.529. The number of aliphatic carboxylic acids is 1. The molecule has 1 spiro atoms. The number of carboxylic acids is 1. The maximum absolute atomic E-state index is 13.1. The maximum atomic E-state index is 13.1. The van der Waals surface area contributed by atoms with Crippen LogP contribution in [0.1, 0.15) is 43.4 Å². The number of thioether (sulfide) groups is 1. The van der Waals surface area contributed by atoms with Crippen LogP contribution in [0.3, 0.4) is 0 Å². The summed E-state index contributed by atoms with van der Waals surface area (Å²) in [5.41, 5.74) is -0.0682. The van der Waals surface area contributed by atoms with Crippen LogP contribution in [0.15, 0.2) is 9.82 Å². The Morgan fingerprint density at radius 1 is 1.10 bits per heavy atom. The Balaban J connectivity index is 1.45. The highest BCUT2D eigenvalue weighted by molar-refractivity contribution is 8.00. The third kappa shape index (κ3) is 2.20. The van der Waals surface area contributed by atoms with Crippen LogP contribution in [-0.2, 0) is 19.8 Å². The molecule has 9 heteroatoms. The zero-order chi connectivity index (χ0) is 20.1. The van der Waals surface area contributed by atoms with Gasteiger partial charge < -0.3 is 10.1 Å². The molecule has 0 unspecified atom stereocenters. The smallest absolute Gasteiger partial charge is 0.323 e. The lowest BCUT2D eigenvalue weighted by Crippen LogP contribution is -2.51. The van der Waals surface area contributed by atoms with E-state index in [4.69, 9.17) is 5.11 Å². The molecule has 3 aliphatic carbocycles. The van der Waals surface area contributed by atoms with E-state index in [1.54, 1.807) is 11.8 Å². The molecule has 29 heavy (non-hydrogen) atoms. The Hall–Kier alpha value is -1.61. The minimum absolute atomic E-state index is 0.0141. The van der Waals surface area contributed by atoms with Gasteiger partial charge in [0.05, 0.1) is 16.9 Å². The van der Waals surface area contributed by atoms with Gasteiger partial charge in [0.2, 0.25) is 11.8 Å². The number of carbonyl (C=O) groups is 3. The van der Waals surface area contributed by atoms with Crippen molar-refractivity contribution in [2.24, 2.45) is 29.6 Å². The number of likely N-dealkylation sites (tertiary alicyclic amines) is 1. The Bertz CT molecular complexity index is 993. The molecule has 6 rings (SSSR count). The van der Waals surface area contributed by atoms with E-state index in [0.29, 0.717) is 5.92 Å². The lowest BCUT2D eigenvalue weighted by Gasteiger charge is -2.52. The average molecular weight is 435 g/mol. The standard InChI is InChI=1S/C20H22N2O5S2/c23-10(24)7-22-17(25)11-8-6-9(12(11)18(22)26)14-13(8)20(4-2-1-3-5-20)15-16(28-14)21-19(27)29-15/h8-9,11-14H,1-7H2,(H,21,27)(H,23,24)/t8-,9-,11+,12-,13-,14+/m0/s1. The van der Waals surface area contributed by atoms with Crippen LogP contribution >= 0.6 is 23.1 Å². The molecule has 7 nitrogen and oxygen atoms in total. The summed E-state index contributed by atoms with van der Waals surface area (Å²) < 4.78 is 0. The number of hydrogen-bond acceptors (Lipinski definition) is 6. The van der Waals surface area contributed by atoms with Gasteiger partial charge in [-0.1, -0.05) is 30.6 Å². The van der Waals surface area contributed by atoms with Gasteiger partial charge in [0.1, 0.15) is 6.54 Å². The number of H-pyrrole nitrogens is 1. The van der Waals surface area contributed by atoms with E-state index in [1.165, 1.54) is 22.6 Å². The summed E-state index contributed by atoms with van der Waals surface area (Å²) in [5.74, 6) is -1.98. The minimum Gasteiger partial charge on any atom is -0.480 e. The number of nitrogens with zero attached hydrogens (tertiary/aromatic N) is 1. The number of carbonyl (C=O) groups excluding carboxylic acids is 2. The van der Waals surface area contributed by atoms with Crippen molar-refractivity contribution in [2.45, 2.75) is 54.2 Å². The molecule has 2 aliphatic heterocycles. The summed E-state index contributed by atoms with van der Waals surface area (Å²) in [6, 6.07) is 0. The largest absolute Gasteiger partial charge is 0.480 e. The molecule has 2 N–H and O–H groups in total. The van der Waals surface area contributed by atoms with Crippen LogP contribution in [0.4, 0.5) is 0 Å². The van der Waals surface area contributed by atoms with Gasteiger partial charge in [0, 0.05) is 15.5 Å². The molecule has 5 aliphatic rings. The summed E-state index contributed by atoms with van der Waals surface area (Å²) in [7, 11) is 0. The molecule has 1 saturated heterocycles. The number of fused-ring (bicyclic) bond motifs is 11. The number of thiazole rings is 1. The number of nitrogens with one attached hydrogen (secondary N) is 1. The highest BCUT2D eigenvalue weighted by Gasteiger charge is 2.72. The zero-order valence-corrected chi connectivity index (χ0v) is 17.4. The molecule has 3 saturated carbocycles. The van der Waals surface area contributed by atoms with E-state index >= 15 is 0 Å². The fraction of sp³-hybridized carbons (Fsp3) is 0.700. The number of aromatic nitrogens is 1. The van der Waals surface area contributed by atoms with Crippen LogP contribution in [0.5, 0.6) is 0 Å². The van der Waals surface area contributed by atoms with Gasteiger partial charge in [-0.25, -0.2) is 0 Å². The molecule has 4 fully saturated rings. The first kappa shape index (κ1) is 18.2. The van der Waals surface area contributed by atoms with Crippen molar-refractivity contribution >= 4 is 40.9 Å². The molecule has 2 bridgehead atoms. The van der Waals surface area contributed by atoms with Crippen molar-refractivity contribution in [3.63, 3.8) is 0 Å². The van der Waals surface area contributed by atoms with Gasteiger partial charge in [-0.3, -0.25) is 24.1 Å². The lowest BCUT2D eigenvalue weighted by molar-refractivity contribution is -0.150. The highest BCUT2D eigenvalue weighted by atomic mass is 32.2. The average Bonchev–Trinajstić information content (AvgIpc) is 3.41. The molecule has 6 atom stereocenters. The minimum atomic E-state index is -1.14. The summed E-state index contributed by atoms with van der Waals surface area (Å²) in [4.78, 5) is 54.7. The van der Waals surface area contributed by atoms with Crippen LogP contribution < -0.4 is 4.87 Å². The first-order valence-electron chi connectivity index (χ1n) is 10.4. The highest BCUT2D eigenvalue weighted by Crippen LogP contribution is 2.71. The Morgan fingerprint density at radius 2 is 1.79 bits per heavy atom. The van der Waals surface area contributed by atoms with Gasteiger partial charge in [-0.15, -0.1) is 11.8 Å². The van der Waals surface area contributed by atoms with E-state index in [-0.39, 0.29) is 51.0 Å². The van der Waals surface area contributed by atoms with E-state index < -0.39 is 12.5 Å². The Morgan fingerprint density at radius 3 is 2.48 bits per heavy atom. The van der Waals surface area contributed by atoms with Gasteiger partial charge in [0.15, 0.2) is 0 Å². The quantitative estimate of drug-likeness (QED) is 0.690. The summed E-state index contributed by atoms with van der Waals surface area (Å²) in [6.07, 6.45) is 6.40. The van der Waals surface area contributed by atoms with Crippen molar-refractivity contribution in [1.29, 1.82) is 0 Å². The van der Waals surface area contributed by atoms with Gasteiger partial charge in [-0.2, -0.15) is 0 Å². The molecule has 2 amide bonds. The number of amides is 2. The van der Waals surface area contributed by atoms with Crippen molar-refractivity contribution in [1.82, 2.24) is 9.88 Å². The second-order valence-electron chi connectivity index (χ2n) is 9.27. The van der Waals surface area contributed by atoms with Crippen LogP contribution in [0.2, 0.25) is 0 Å². The molecule has 0 radical (unpaired) electrons. The van der Waals surface area contributed by atoms with Crippen molar-refractivity contribution in [3.05, 3.63) is 14.5 Å². The number of imide groups is 1. The Labute approximate surface area is 175 Å². The van der Waals surface area contributed by atoms with Gasteiger partial charge in [0.25, 0.3) is 0 Å². The van der Waals surface area contributed by atoms with Crippen molar-refractivity contribution in [3.8, 4) is 0 Å².